The van der Waals surface area contributed by atoms with Crippen LogP contribution in [0.5, 0.6) is 0 Å². The number of carbonyl (C=O) groups excluding carboxylic acids is 1. The minimum Gasteiger partial charge on any atom is -0.365 e. The smallest absolute Gasteiger partial charge is 0.238 e. The van der Waals surface area contributed by atoms with Gasteiger partial charge in [-0.25, -0.2) is 4.79 Å². The largest absolute Gasteiger partial charge is 0.365 e. The van der Waals surface area contributed by atoms with Gasteiger partial charge < -0.3 is 5.11 Å². The van der Waals surface area contributed by atoms with Gasteiger partial charge in [-0.15, -0.1) is 0 Å². The zero-order valence-corrected chi connectivity index (χ0v) is 11.6. The highest BCUT2D eigenvalue weighted by atomic mass is 16.3. The Balaban J connectivity index is 2.51. The molecule has 0 saturated carbocycles. The maximum absolute atomic E-state index is 10.5. The Morgan fingerprint density at radius 3 is 2.37 bits per heavy atom. The van der Waals surface area contributed by atoms with Gasteiger partial charge >= 0.3 is 0 Å². The molecule has 1 aromatic carbocycles. The van der Waals surface area contributed by atoms with E-state index in [4.69, 9.17) is 0 Å². The molecule has 1 atom stereocenters. The zero-order chi connectivity index (χ0) is 14.0. The molecule has 1 aromatic rings. The van der Waals surface area contributed by atoms with Crippen LogP contribution in [-0.4, -0.2) is 11.2 Å². The number of unbranched alkanes of at least 4 members (excludes halogenated alkanes) is 5. The lowest BCUT2D eigenvalue weighted by Crippen LogP contribution is -2.22. The van der Waals surface area contributed by atoms with E-state index in [1.807, 2.05) is 18.2 Å². The first-order valence-corrected chi connectivity index (χ1v) is 7.10. The van der Waals surface area contributed by atoms with Crippen molar-refractivity contribution in [2.45, 2.75) is 57.6 Å². The van der Waals surface area contributed by atoms with Crippen molar-refractivity contribution in [3.63, 3.8) is 0 Å². The van der Waals surface area contributed by atoms with E-state index in [0.717, 1.165) is 12.8 Å². The minimum absolute atomic E-state index is 0.471. The van der Waals surface area contributed by atoms with Crippen molar-refractivity contribution in [3.05, 3.63) is 35.9 Å². The van der Waals surface area contributed by atoms with Crippen LogP contribution in [0.3, 0.4) is 0 Å². The van der Waals surface area contributed by atoms with Crippen LogP contribution in [0.1, 0.15) is 57.4 Å². The molecule has 0 saturated heterocycles. The van der Waals surface area contributed by atoms with Gasteiger partial charge in [0.05, 0.1) is 0 Å². The normalized spacial score (nSPS) is 13.6. The van der Waals surface area contributed by atoms with Crippen molar-refractivity contribution >= 4 is 6.08 Å². The van der Waals surface area contributed by atoms with Crippen molar-refractivity contribution in [2.75, 3.05) is 0 Å². The summed E-state index contributed by atoms with van der Waals surface area (Å²) >= 11 is 0. The number of hydrogen-bond acceptors (Lipinski definition) is 3. The number of benzene rings is 1. The van der Waals surface area contributed by atoms with Crippen molar-refractivity contribution in [1.29, 1.82) is 0 Å². The topological polar surface area (TPSA) is 49.7 Å². The van der Waals surface area contributed by atoms with Crippen LogP contribution < -0.4 is 0 Å². The van der Waals surface area contributed by atoms with E-state index in [1.54, 1.807) is 12.1 Å². The average molecular weight is 261 g/mol. The van der Waals surface area contributed by atoms with Gasteiger partial charge in [0.2, 0.25) is 6.08 Å². The second kappa shape index (κ2) is 8.63. The summed E-state index contributed by atoms with van der Waals surface area (Å²) in [5.41, 5.74) is -0.750. The Hall–Kier alpha value is -1.44. The predicted octanol–water partition coefficient (Wildman–Crippen LogP) is 3.92. The van der Waals surface area contributed by atoms with Gasteiger partial charge in [-0.1, -0.05) is 69.4 Å². The highest BCUT2D eigenvalue weighted by Gasteiger charge is 2.27. The van der Waals surface area contributed by atoms with Crippen molar-refractivity contribution in [1.82, 2.24) is 0 Å². The van der Waals surface area contributed by atoms with Gasteiger partial charge in [0.25, 0.3) is 0 Å². The molecule has 104 valence electrons. The molecule has 0 aliphatic rings. The first-order chi connectivity index (χ1) is 9.23. The van der Waals surface area contributed by atoms with Crippen LogP contribution >= 0.6 is 0 Å². The first-order valence-electron chi connectivity index (χ1n) is 7.10. The summed E-state index contributed by atoms with van der Waals surface area (Å²) in [7, 11) is 0. The van der Waals surface area contributed by atoms with Crippen LogP contribution in [0.25, 0.3) is 0 Å². The lowest BCUT2D eigenvalue weighted by molar-refractivity contribution is 0.0343. The summed E-state index contributed by atoms with van der Waals surface area (Å²) in [4.78, 5) is 14.1. The van der Waals surface area contributed by atoms with E-state index in [2.05, 4.69) is 11.9 Å². The van der Waals surface area contributed by atoms with E-state index in [-0.39, 0.29) is 0 Å². The molecular weight excluding hydrogens is 238 g/mol. The van der Waals surface area contributed by atoms with Crippen molar-refractivity contribution < 1.29 is 9.90 Å². The fraction of sp³-hybridized carbons (Fsp3) is 0.562. The molecular formula is C16H23NO2. The number of aliphatic imine (C=N–C) groups is 1. The van der Waals surface area contributed by atoms with Crippen molar-refractivity contribution in [3.8, 4) is 0 Å². The highest BCUT2D eigenvalue weighted by molar-refractivity contribution is 5.36. The van der Waals surface area contributed by atoms with Crippen LogP contribution in [0, 0.1) is 0 Å². The average Bonchev–Trinajstić information content (AvgIpc) is 2.44. The molecule has 0 fully saturated rings. The summed E-state index contributed by atoms with van der Waals surface area (Å²) < 4.78 is 0. The van der Waals surface area contributed by atoms with Crippen molar-refractivity contribution in [2.24, 2.45) is 4.99 Å². The van der Waals surface area contributed by atoms with Gasteiger partial charge in [-0.3, -0.25) is 0 Å². The second-order valence-corrected chi connectivity index (χ2v) is 4.90. The monoisotopic (exact) mass is 261 g/mol. The van der Waals surface area contributed by atoms with E-state index in [9.17, 15) is 9.90 Å². The third-order valence-electron chi connectivity index (χ3n) is 3.35. The highest BCUT2D eigenvalue weighted by Crippen LogP contribution is 2.28. The molecule has 0 aliphatic carbocycles. The van der Waals surface area contributed by atoms with Gasteiger partial charge in [-0.2, -0.15) is 4.99 Å². The molecule has 0 spiro atoms. The summed E-state index contributed by atoms with van der Waals surface area (Å²) in [6.45, 7) is 2.19. The lowest BCUT2D eigenvalue weighted by Gasteiger charge is -2.22. The number of isocyanates is 1. The van der Waals surface area contributed by atoms with E-state index in [1.165, 1.54) is 31.8 Å². The maximum atomic E-state index is 10.5. The molecule has 0 bridgehead atoms. The van der Waals surface area contributed by atoms with E-state index >= 15 is 0 Å². The number of aliphatic hydroxyl groups is 1. The van der Waals surface area contributed by atoms with Gasteiger partial charge in [0.1, 0.15) is 0 Å². The SMILES string of the molecule is CCCCCCCCC(O)(N=C=O)c1ccccc1. The first kappa shape index (κ1) is 15.6. The molecule has 1 rings (SSSR count). The molecule has 0 amide bonds. The summed E-state index contributed by atoms with van der Waals surface area (Å²) in [6.07, 6.45) is 8.77. The Bertz CT molecular complexity index is 398. The Morgan fingerprint density at radius 1 is 1.11 bits per heavy atom. The van der Waals surface area contributed by atoms with Gasteiger partial charge in [0, 0.05) is 12.0 Å². The Labute approximate surface area is 115 Å². The molecule has 3 nitrogen and oxygen atoms in total. The second-order valence-electron chi connectivity index (χ2n) is 4.90. The van der Waals surface area contributed by atoms with Gasteiger partial charge in [0.15, 0.2) is 5.72 Å². The lowest BCUT2D eigenvalue weighted by atomic mass is 9.96. The molecule has 1 unspecified atom stereocenters. The molecule has 0 heterocycles. The fourth-order valence-electron chi connectivity index (χ4n) is 2.20. The third-order valence-corrected chi connectivity index (χ3v) is 3.35. The number of hydrogen-bond donors (Lipinski definition) is 1. The Kier molecular flexibility index (Phi) is 7.09. The molecule has 1 N–H and O–H groups in total. The third kappa shape index (κ3) is 5.37. The predicted molar refractivity (Wildman–Crippen MR) is 76.5 cm³/mol. The van der Waals surface area contributed by atoms with Crippen LogP contribution in [0.15, 0.2) is 35.3 Å². The fourth-order valence-corrected chi connectivity index (χ4v) is 2.20. The van der Waals surface area contributed by atoms with Crippen LogP contribution in [0.2, 0.25) is 0 Å². The zero-order valence-electron chi connectivity index (χ0n) is 11.6. The van der Waals surface area contributed by atoms with Crippen LogP contribution in [0.4, 0.5) is 0 Å². The Morgan fingerprint density at radius 2 is 1.74 bits per heavy atom. The molecule has 0 aromatic heterocycles. The summed E-state index contributed by atoms with van der Waals surface area (Å²) in [5.74, 6) is 0. The van der Waals surface area contributed by atoms with Gasteiger partial charge in [-0.05, 0) is 6.42 Å². The minimum atomic E-state index is -1.41. The standard InChI is InChI=1S/C16H23NO2/c1-2-3-4-5-6-10-13-16(19,17-14-18)15-11-8-7-9-12-15/h7-9,11-12,19H,2-6,10,13H2,1H3. The van der Waals surface area contributed by atoms with E-state index in [0.29, 0.717) is 12.0 Å². The number of nitrogens with zero attached hydrogens (tertiary/aromatic N) is 1. The summed E-state index contributed by atoms with van der Waals surface area (Å²) in [5, 5.41) is 10.5. The summed E-state index contributed by atoms with van der Waals surface area (Å²) in [6, 6.07) is 9.12. The maximum Gasteiger partial charge on any atom is 0.238 e. The quantitative estimate of drug-likeness (QED) is 0.416. The molecule has 0 aliphatic heterocycles. The van der Waals surface area contributed by atoms with Crippen LogP contribution in [-0.2, 0) is 10.5 Å². The molecule has 19 heavy (non-hydrogen) atoms. The molecule has 3 heteroatoms. The number of rotatable bonds is 9. The van der Waals surface area contributed by atoms with E-state index < -0.39 is 5.72 Å². The molecule has 0 radical (unpaired) electrons.